The number of ether oxygens (including phenoxy) is 2. The minimum Gasteiger partial charge on any atom is -0.469 e. The lowest BCUT2D eigenvalue weighted by atomic mass is 10.1. The molecule has 0 heterocycles. The molecule has 0 N–H and O–H groups in total. The molecule has 0 aliphatic heterocycles. The Bertz CT molecular complexity index is 530. The molecule has 0 aliphatic rings. The van der Waals surface area contributed by atoms with Gasteiger partial charge in [0.1, 0.15) is 0 Å². The van der Waals surface area contributed by atoms with Crippen LogP contribution in [0.1, 0.15) is 37.6 Å². The highest BCUT2D eigenvalue weighted by molar-refractivity contribution is 6.30. The summed E-state index contributed by atoms with van der Waals surface area (Å²) in [4.78, 5) is 26.0. The molecule has 5 nitrogen and oxygen atoms in total. The molecule has 0 bridgehead atoms. The van der Waals surface area contributed by atoms with E-state index in [2.05, 4.69) is 0 Å². The van der Waals surface area contributed by atoms with Gasteiger partial charge < -0.3 is 14.4 Å². The Kier molecular flexibility index (Phi) is 8.79. The van der Waals surface area contributed by atoms with Crippen LogP contribution in [0.25, 0.3) is 0 Å². The molecule has 0 saturated heterocycles. The maximum Gasteiger partial charge on any atom is 0.310 e. The van der Waals surface area contributed by atoms with Crippen LogP contribution in [0.2, 0.25) is 5.02 Å². The van der Waals surface area contributed by atoms with Crippen LogP contribution in [0.5, 0.6) is 0 Å². The molecule has 1 amide bonds. The van der Waals surface area contributed by atoms with Gasteiger partial charge in [0.15, 0.2) is 0 Å². The first-order chi connectivity index (χ1) is 11.3. The first-order valence-electron chi connectivity index (χ1n) is 8.09. The van der Waals surface area contributed by atoms with Gasteiger partial charge in [-0.25, -0.2) is 0 Å². The van der Waals surface area contributed by atoms with Gasteiger partial charge in [-0.15, -0.1) is 0 Å². The highest BCUT2D eigenvalue weighted by Gasteiger charge is 2.22. The summed E-state index contributed by atoms with van der Waals surface area (Å²) < 4.78 is 10.3. The molecule has 0 fully saturated rings. The zero-order chi connectivity index (χ0) is 18.1. The fourth-order valence-electron chi connectivity index (χ4n) is 2.23. The molecule has 0 spiro atoms. The van der Waals surface area contributed by atoms with Gasteiger partial charge in [-0.2, -0.15) is 0 Å². The summed E-state index contributed by atoms with van der Waals surface area (Å²) in [6.45, 7) is 7.06. The highest BCUT2D eigenvalue weighted by atomic mass is 35.5. The normalized spacial score (nSPS) is 12.1. The van der Waals surface area contributed by atoms with Gasteiger partial charge in [-0.05, 0) is 44.5 Å². The van der Waals surface area contributed by atoms with Crippen molar-refractivity contribution in [3.8, 4) is 0 Å². The number of esters is 1. The Balaban J connectivity index is 2.76. The van der Waals surface area contributed by atoms with Crippen molar-refractivity contribution in [3.05, 3.63) is 34.9 Å². The molecule has 1 aromatic rings. The first-order valence-corrected chi connectivity index (χ1v) is 8.47. The van der Waals surface area contributed by atoms with Gasteiger partial charge in [0.05, 0.1) is 19.1 Å². The van der Waals surface area contributed by atoms with Crippen molar-refractivity contribution in [2.45, 2.75) is 33.3 Å². The average Bonchev–Trinajstić information content (AvgIpc) is 2.56. The van der Waals surface area contributed by atoms with Gasteiger partial charge in [-0.1, -0.05) is 18.5 Å². The van der Waals surface area contributed by atoms with Crippen LogP contribution in [-0.2, 0) is 14.3 Å². The zero-order valence-corrected chi connectivity index (χ0v) is 15.5. The summed E-state index contributed by atoms with van der Waals surface area (Å²) in [7, 11) is 1.35. The minimum absolute atomic E-state index is 0.132. The number of amides is 1. The Morgan fingerprint density at radius 3 is 2.33 bits per heavy atom. The number of carbonyl (C=O) groups is 2. The van der Waals surface area contributed by atoms with E-state index in [1.165, 1.54) is 7.11 Å². The van der Waals surface area contributed by atoms with Crippen molar-refractivity contribution in [3.63, 3.8) is 0 Å². The van der Waals surface area contributed by atoms with Crippen LogP contribution >= 0.6 is 11.6 Å². The number of hydrogen-bond acceptors (Lipinski definition) is 4. The van der Waals surface area contributed by atoms with Crippen LogP contribution in [0.4, 0.5) is 0 Å². The van der Waals surface area contributed by atoms with E-state index < -0.39 is 5.92 Å². The van der Waals surface area contributed by atoms with Crippen molar-refractivity contribution in [2.24, 2.45) is 5.92 Å². The van der Waals surface area contributed by atoms with Crippen molar-refractivity contribution < 1.29 is 19.1 Å². The second-order valence-corrected chi connectivity index (χ2v) is 6.39. The van der Waals surface area contributed by atoms with Crippen LogP contribution in [-0.4, -0.2) is 49.7 Å². The maximum atomic E-state index is 12.7. The summed E-state index contributed by atoms with van der Waals surface area (Å²) in [5, 5.41) is 0.575. The number of hydrogen-bond donors (Lipinski definition) is 0. The third-order valence-corrected chi connectivity index (χ3v) is 3.75. The van der Waals surface area contributed by atoms with Crippen LogP contribution in [0, 0.1) is 5.92 Å². The molecule has 0 radical (unpaired) electrons. The fraction of sp³-hybridized carbons (Fsp3) is 0.556. The molecular formula is C18H26ClNO4. The number of nitrogens with zero attached hydrogens (tertiary/aromatic N) is 1. The topological polar surface area (TPSA) is 55.8 Å². The van der Waals surface area contributed by atoms with Crippen molar-refractivity contribution in [1.29, 1.82) is 0 Å². The van der Waals surface area contributed by atoms with E-state index in [1.807, 2.05) is 13.8 Å². The van der Waals surface area contributed by atoms with Crippen molar-refractivity contribution >= 4 is 23.5 Å². The number of carbonyl (C=O) groups excluding carboxylic acids is 2. The second kappa shape index (κ2) is 10.3. The lowest BCUT2D eigenvalue weighted by Gasteiger charge is -2.25. The van der Waals surface area contributed by atoms with Crippen LogP contribution in [0.15, 0.2) is 24.3 Å². The smallest absolute Gasteiger partial charge is 0.310 e. The summed E-state index contributed by atoms with van der Waals surface area (Å²) in [6.07, 6.45) is 0.852. The largest absolute Gasteiger partial charge is 0.469 e. The highest BCUT2D eigenvalue weighted by Crippen LogP contribution is 2.13. The van der Waals surface area contributed by atoms with E-state index in [9.17, 15) is 9.59 Å². The maximum absolute atomic E-state index is 12.7. The molecule has 1 rings (SSSR count). The van der Waals surface area contributed by atoms with Crippen molar-refractivity contribution in [1.82, 2.24) is 4.90 Å². The predicted octanol–water partition coefficient (Wildman–Crippen LogP) is 3.41. The SMILES string of the molecule is COC(=O)C(C)CN(CCCOC(C)C)C(=O)c1ccc(Cl)cc1. The number of benzene rings is 1. The second-order valence-electron chi connectivity index (χ2n) is 5.96. The third kappa shape index (κ3) is 6.89. The Labute approximate surface area is 148 Å². The quantitative estimate of drug-likeness (QED) is 0.503. The molecular weight excluding hydrogens is 330 g/mol. The molecule has 1 unspecified atom stereocenters. The van der Waals surface area contributed by atoms with Gasteiger partial charge in [0.2, 0.25) is 0 Å². The lowest BCUT2D eigenvalue weighted by molar-refractivity contribution is -0.145. The molecule has 134 valence electrons. The molecule has 6 heteroatoms. The zero-order valence-electron chi connectivity index (χ0n) is 14.8. The predicted molar refractivity (Wildman–Crippen MR) is 94.2 cm³/mol. The number of halogens is 1. The third-order valence-electron chi connectivity index (χ3n) is 3.50. The van der Waals surface area contributed by atoms with E-state index >= 15 is 0 Å². The molecule has 0 aliphatic carbocycles. The summed E-state index contributed by atoms with van der Waals surface area (Å²) in [5.74, 6) is -0.855. The van der Waals surface area contributed by atoms with E-state index in [0.717, 1.165) is 0 Å². The van der Waals surface area contributed by atoms with Gasteiger partial charge in [0.25, 0.3) is 5.91 Å². The van der Waals surface area contributed by atoms with Crippen LogP contribution < -0.4 is 0 Å². The first kappa shape index (κ1) is 20.5. The minimum atomic E-state index is -0.391. The van der Waals surface area contributed by atoms with E-state index in [0.29, 0.717) is 36.7 Å². The molecule has 24 heavy (non-hydrogen) atoms. The molecule has 0 saturated carbocycles. The Hall–Kier alpha value is -1.59. The Morgan fingerprint density at radius 1 is 1.17 bits per heavy atom. The molecule has 0 aromatic heterocycles. The monoisotopic (exact) mass is 355 g/mol. The number of rotatable bonds is 9. The standard InChI is InChI=1S/C18H26ClNO4/c1-13(2)24-11-5-10-20(12-14(3)18(22)23-4)17(21)15-6-8-16(19)9-7-15/h6-9,13-14H,5,10-12H2,1-4H3. The summed E-state index contributed by atoms with van der Waals surface area (Å²) in [5.41, 5.74) is 0.543. The van der Waals surface area contributed by atoms with E-state index in [-0.39, 0.29) is 18.0 Å². The number of methoxy groups -OCH3 is 1. The van der Waals surface area contributed by atoms with E-state index in [4.69, 9.17) is 21.1 Å². The van der Waals surface area contributed by atoms with Gasteiger partial charge in [-0.3, -0.25) is 9.59 Å². The fourth-order valence-corrected chi connectivity index (χ4v) is 2.36. The van der Waals surface area contributed by atoms with E-state index in [1.54, 1.807) is 36.1 Å². The molecule has 1 atom stereocenters. The van der Waals surface area contributed by atoms with Gasteiger partial charge in [0, 0.05) is 30.3 Å². The lowest BCUT2D eigenvalue weighted by Crippen LogP contribution is -2.38. The summed E-state index contributed by atoms with van der Waals surface area (Å²) >= 11 is 5.87. The molecule has 1 aromatic carbocycles. The average molecular weight is 356 g/mol. The van der Waals surface area contributed by atoms with Gasteiger partial charge >= 0.3 is 5.97 Å². The summed E-state index contributed by atoms with van der Waals surface area (Å²) in [6, 6.07) is 6.73. The van der Waals surface area contributed by atoms with Crippen molar-refractivity contribution in [2.75, 3.05) is 26.8 Å². The Morgan fingerprint density at radius 2 is 1.79 bits per heavy atom. The van der Waals surface area contributed by atoms with Crippen LogP contribution in [0.3, 0.4) is 0 Å².